The highest BCUT2D eigenvalue weighted by molar-refractivity contribution is 6.13. The van der Waals surface area contributed by atoms with Gasteiger partial charge in [-0.1, -0.05) is 36.9 Å². The first kappa shape index (κ1) is 18.5. The third-order valence-corrected chi connectivity index (χ3v) is 3.98. The van der Waals surface area contributed by atoms with Crippen molar-refractivity contribution in [1.82, 2.24) is 0 Å². The van der Waals surface area contributed by atoms with Crippen LogP contribution >= 0.6 is 0 Å². The molecule has 1 aliphatic rings. The summed E-state index contributed by atoms with van der Waals surface area (Å²) in [6, 6.07) is 13.1. The molecule has 0 radical (unpaired) electrons. The van der Waals surface area contributed by atoms with Crippen molar-refractivity contribution in [3.8, 4) is 11.5 Å². The van der Waals surface area contributed by atoms with E-state index in [0.29, 0.717) is 29.6 Å². The highest BCUT2D eigenvalue weighted by Crippen LogP contribution is 2.34. The Kier molecular flexibility index (Phi) is 5.41. The summed E-state index contributed by atoms with van der Waals surface area (Å²) in [4.78, 5) is 16.7. The summed E-state index contributed by atoms with van der Waals surface area (Å²) in [5, 5.41) is 0. The lowest BCUT2D eigenvalue weighted by atomic mass is 10.1. The molecule has 0 aliphatic carbocycles. The van der Waals surface area contributed by atoms with Crippen molar-refractivity contribution in [2.75, 3.05) is 13.7 Å². The van der Waals surface area contributed by atoms with Crippen LogP contribution in [0.5, 0.6) is 11.5 Å². The van der Waals surface area contributed by atoms with Crippen molar-refractivity contribution in [3.05, 3.63) is 77.0 Å². The molecule has 0 atom stereocenters. The summed E-state index contributed by atoms with van der Waals surface area (Å²) in [5.41, 5.74) is 3.54. The largest absolute Gasteiger partial charge is 0.493 e. The maximum absolute atomic E-state index is 12.3. The van der Waals surface area contributed by atoms with Crippen molar-refractivity contribution in [2.45, 2.75) is 13.8 Å². The molecule has 3 rings (SSSR count). The first-order valence-electron chi connectivity index (χ1n) is 8.52. The number of para-hydroxylation sites is 1. The van der Waals surface area contributed by atoms with Crippen LogP contribution in [0.1, 0.15) is 23.6 Å². The Hall–Kier alpha value is -3.34. The molecule has 5 heteroatoms. The van der Waals surface area contributed by atoms with Crippen LogP contribution < -0.4 is 9.47 Å². The van der Waals surface area contributed by atoms with Gasteiger partial charge in [0, 0.05) is 11.1 Å². The SMILES string of the molecule is C=C(C)COc1c(/C=C2\N=C(c3ccccc3C)OC2=O)cccc1OC. The molecular weight excluding hydrogens is 342 g/mol. The summed E-state index contributed by atoms with van der Waals surface area (Å²) in [6.07, 6.45) is 1.64. The molecule has 1 heterocycles. The number of carbonyl (C=O) groups excluding carboxylic acids is 1. The minimum absolute atomic E-state index is 0.210. The third kappa shape index (κ3) is 4.08. The zero-order chi connectivity index (χ0) is 19.4. The lowest BCUT2D eigenvalue weighted by Gasteiger charge is -2.13. The predicted octanol–water partition coefficient (Wildman–Crippen LogP) is 4.30. The number of cyclic esters (lactones) is 1. The van der Waals surface area contributed by atoms with Crippen molar-refractivity contribution in [3.63, 3.8) is 0 Å². The molecule has 0 amide bonds. The number of aliphatic imine (C=N–C) groups is 1. The molecule has 0 spiro atoms. The van der Waals surface area contributed by atoms with E-state index < -0.39 is 5.97 Å². The molecule has 2 aromatic rings. The Morgan fingerprint density at radius 3 is 2.70 bits per heavy atom. The lowest BCUT2D eigenvalue weighted by molar-refractivity contribution is -0.129. The Balaban J connectivity index is 2.00. The van der Waals surface area contributed by atoms with Crippen molar-refractivity contribution >= 4 is 17.9 Å². The van der Waals surface area contributed by atoms with Crippen LogP contribution in [0.3, 0.4) is 0 Å². The van der Waals surface area contributed by atoms with Gasteiger partial charge in [0.05, 0.1) is 7.11 Å². The minimum atomic E-state index is -0.498. The fraction of sp³-hybridized carbons (Fsp3) is 0.182. The first-order valence-corrected chi connectivity index (χ1v) is 8.52. The number of nitrogens with zero attached hydrogens (tertiary/aromatic N) is 1. The molecule has 5 nitrogen and oxygen atoms in total. The van der Waals surface area contributed by atoms with Gasteiger partial charge in [-0.3, -0.25) is 0 Å². The van der Waals surface area contributed by atoms with Gasteiger partial charge in [0.15, 0.2) is 17.2 Å². The highest BCUT2D eigenvalue weighted by atomic mass is 16.6. The van der Waals surface area contributed by atoms with Crippen LogP contribution in [-0.2, 0) is 9.53 Å². The number of aryl methyl sites for hydroxylation is 1. The number of rotatable bonds is 6. The maximum atomic E-state index is 12.3. The molecular formula is C22H21NO4. The number of esters is 1. The second-order valence-corrected chi connectivity index (χ2v) is 6.28. The van der Waals surface area contributed by atoms with E-state index in [9.17, 15) is 4.79 Å². The van der Waals surface area contributed by atoms with Gasteiger partial charge in [-0.05, 0) is 43.2 Å². The Morgan fingerprint density at radius 1 is 1.22 bits per heavy atom. The normalized spacial score (nSPS) is 14.7. The minimum Gasteiger partial charge on any atom is -0.493 e. The van der Waals surface area contributed by atoms with E-state index in [-0.39, 0.29) is 5.70 Å². The number of hydrogen-bond donors (Lipinski definition) is 0. The first-order chi connectivity index (χ1) is 13.0. The molecule has 2 aromatic carbocycles. The van der Waals surface area contributed by atoms with Crippen molar-refractivity contribution < 1.29 is 19.0 Å². The average molecular weight is 363 g/mol. The topological polar surface area (TPSA) is 57.1 Å². The molecule has 0 bridgehead atoms. The Labute approximate surface area is 158 Å². The van der Waals surface area contributed by atoms with Crippen molar-refractivity contribution in [2.24, 2.45) is 4.99 Å². The van der Waals surface area contributed by atoms with Crippen LogP contribution in [0, 0.1) is 6.92 Å². The predicted molar refractivity (Wildman–Crippen MR) is 105 cm³/mol. The van der Waals surface area contributed by atoms with E-state index >= 15 is 0 Å². The van der Waals surface area contributed by atoms with E-state index in [0.717, 1.165) is 16.7 Å². The van der Waals surface area contributed by atoms with Crippen LogP contribution in [-0.4, -0.2) is 25.6 Å². The Morgan fingerprint density at radius 2 is 2.00 bits per heavy atom. The van der Waals surface area contributed by atoms with Crippen LogP contribution in [0.4, 0.5) is 0 Å². The van der Waals surface area contributed by atoms with Gasteiger partial charge in [0.25, 0.3) is 0 Å². The quantitative estimate of drug-likeness (QED) is 0.436. The summed E-state index contributed by atoms with van der Waals surface area (Å²) in [6.45, 7) is 8.01. The zero-order valence-electron chi connectivity index (χ0n) is 15.6. The molecule has 27 heavy (non-hydrogen) atoms. The summed E-state index contributed by atoms with van der Waals surface area (Å²) in [5.74, 6) is 0.904. The van der Waals surface area contributed by atoms with Crippen LogP contribution in [0.25, 0.3) is 6.08 Å². The number of methoxy groups -OCH3 is 1. The molecule has 0 saturated heterocycles. The van der Waals surface area contributed by atoms with Gasteiger partial charge in [0.1, 0.15) is 6.61 Å². The van der Waals surface area contributed by atoms with E-state index in [1.165, 1.54) is 0 Å². The maximum Gasteiger partial charge on any atom is 0.363 e. The standard InChI is InChI=1S/C22H21NO4/c1-14(2)13-26-20-16(9-7-11-19(20)25-4)12-18-22(24)27-21(23-18)17-10-6-5-8-15(17)3/h5-12H,1,13H2,2-4H3/b18-12-. The molecule has 0 fully saturated rings. The molecule has 0 saturated carbocycles. The summed E-state index contributed by atoms with van der Waals surface area (Å²) < 4.78 is 16.6. The van der Waals surface area contributed by atoms with E-state index in [1.54, 1.807) is 19.3 Å². The number of carbonyl (C=O) groups is 1. The van der Waals surface area contributed by atoms with Crippen LogP contribution in [0.2, 0.25) is 0 Å². The lowest BCUT2D eigenvalue weighted by Crippen LogP contribution is -2.06. The molecule has 0 aromatic heterocycles. The molecule has 0 unspecified atom stereocenters. The fourth-order valence-electron chi connectivity index (χ4n) is 2.64. The fourth-order valence-corrected chi connectivity index (χ4v) is 2.64. The van der Waals surface area contributed by atoms with Crippen LogP contribution in [0.15, 0.2) is 65.3 Å². The number of hydrogen-bond acceptors (Lipinski definition) is 5. The van der Waals surface area contributed by atoms with Gasteiger partial charge in [-0.25, -0.2) is 9.79 Å². The second-order valence-electron chi connectivity index (χ2n) is 6.28. The van der Waals surface area contributed by atoms with Gasteiger partial charge in [-0.2, -0.15) is 0 Å². The van der Waals surface area contributed by atoms with E-state index in [4.69, 9.17) is 14.2 Å². The smallest absolute Gasteiger partial charge is 0.363 e. The summed E-state index contributed by atoms with van der Waals surface area (Å²) in [7, 11) is 1.57. The molecule has 1 aliphatic heterocycles. The average Bonchev–Trinajstić information content (AvgIpc) is 3.01. The molecule has 0 N–H and O–H groups in total. The molecule has 138 valence electrons. The number of benzene rings is 2. The summed E-state index contributed by atoms with van der Waals surface area (Å²) >= 11 is 0. The van der Waals surface area contributed by atoms with E-state index in [2.05, 4.69) is 11.6 Å². The monoisotopic (exact) mass is 363 g/mol. The highest BCUT2D eigenvalue weighted by Gasteiger charge is 2.25. The van der Waals surface area contributed by atoms with Gasteiger partial charge < -0.3 is 14.2 Å². The second kappa shape index (κ2) is 7.91. The van der Waals surface area contributed by atoms with Gasteiger partial charge in [0.2, 0.25) is 5.90 Å². The van der Waals surface area contributed by atoms with Gasteiger partial charge in [-0.15, -0.1) is 0 Å². The third-order valence-electron chi connectivity index (χ3n) is 3.98. The van der Waals surface area contributed by atoms with Crippen molar-refractivity contribution in [1.29, 1.82) is 0 Å². The van der Waals surface area contributed by atoms with Gasteiger partial charge >= 0.3 is 5.97 Å². The number of ether oxygens (including phenoxy) is 3. The zero-order valence-corrected chi connectivity index (χ0v) is 15.6. The Bertz CT molecular complexity index is 957. The van der Waals surface area contributed by atoms with E-state index in [1.807, 2.05) is 50.2 Å².